The van der Waals surface area contributed by atoms with E-state index in [1.54, 1.807) is 25.1 Å². The number of nitrogens with zero attached hydrogens (tertiary/aromatic N) is 1. The van der Waals surface area contributed by atoms with Crippen molar-refractivity contribution in [3.63, 3.8) is 0 Å². The fourth-order valence-corrected chi connectivity index (χ4v) is 2.87. The number of para-hydroxylation sites is 1. The molecule has 1 unspecified atom stereocenters. The van der Waals surface area contributed by atoms with Gasteiger partial charge in [0.1, 0.15) is 4.90 Å². The molecule has 1 heterocycles. The summed E-state index contributed by atoms with van der Waals surface area (Å²) >= 11 is 0. The van der Waals surface area contributed by atoms with Gasteiger partial charge in [-0.15, -0.1) is 0 Å². The minimum atomic E-state index is -3.73. The van der Waals surface area contributed by atoms with Crippen LogP contribution in [0, 0.1) is 0 Å². The summed E-state index contributed by atoms with van der Waals surface area (Å²) in [5.74, 6) is 0. The highest BCUT2D eigenvalue weighted by Crippen LogP contribution is 2.30. The third-order valence-corrected chi connectivity index (χ3v) is 3.92. The fourth-order valence-electron chi connectivity index (χ4n) is 2.11. The number of hydrogen-bond acceptors (Lipinski definition) is 4. The molecule has 1 aromatic carbocycles. The van der Waals surface area contributed by atoms with Crippen LogP contribution in [0.2, 0.25) is 0 Å². The molecule has 1 atom stereocenters. The van der Waals surface area contributed by atoms with Crippen LogP contribution in [0.5, 0.6) is 0 Å². The Morgan fingerprint density at radius 1 is 1.41 bits per heavy atom. The summed E-state index contributed by atoms with van der Waals surface area (Å²) < 4.78 is 22.9. The molecule has 1 aliphatic rings. The van der Waals surface area contributed by atoms with E-state index in [2.05, 4.69) is 0 Å². The van der Waals surface area contributed by atoms with Gasteiger partial charge in [0, 0.05) is 13.1 Å². The van der Waals surface area contributed by atoms with Crippen molar-refractivity contribution < 1.29 is 13.5 Å². The van der Waals surface area contributed by atoms with Gasteiger partial charge in [0.05, 0.1) is 11.3 Å². The lowest BCUT2D eigenvalue weighted by Crippen LogP contribution is -2.30. The average Bonchev–Trinajstić information content (AvgIpc) is 2.58. The van der Waals surface area contributed by atoms with Gasteiger partial charge in [-0.05, 0) is 25.5 Å². The molecule has 94 valence electrons. The number of rotatable bonds is 2. The van der Waals surface area contributed by atoms with Crippen molar-refractivity contribution in [1.29, 1.82) is 0 Å². The molecule has 3 N–H and O–H groups in total. The van der Waals surface area contributed by atoms with Gasteiger partial charge in [0.25, 0.3) is 0 Å². The third kappa shape index (κ3) is 2.59. The first-order valence-corrected chi connectivity index (χ1v) is 6.93. The van der Waals surface area contributed by atoms with Gasteiger partial charge >= 0.3 is 0 Å². The van der Waals surface area contributed by atoms with Crippen molar-refractivity contribution in [3.05, 3.63) is 24.3 Å². The summed E-state index contributed by atoms with van der Waals surface area (Å²) in [6.07, 6.45) is 0.617. The van der Waals surface area contributed by atoms with Gasteiger partial charge < -0.3 is 10.0 Å². The summed E-state index contributed by atoms with van der Waals surface area (Å²) in [5.41, 5.74) is -0.210. The van der Waals surface area contributed by atoms with E-state index in [9.17, 15) is 13.5 Å². The van der Waals surface area contributed by atoms with Gasteiger partial charge in [-0.25, -0.2) is 13.6 Å². The Balaban J connectivity index is 2.41. The van der Waals surface area contributed by atoms with E-state index >= 15 is 0 Å². The number of hydrogen-bond donors (Lipinski definition) is 2. The summed E-state index contributed by atoms with van der Waals surface area (Å²) in [4.78, 5) is 1.96. The molecule has 0 bridgehead atoms. The third-order valence-electron chi connectivity index (χ3n) is 2.96. The van der Waals surface area contributed by atoms with Crippen LogP contribution in [-0.2, 0) is 10.0 Å². The molecule has 1 fully saturated rings. The van der Waals surface area contributed by atoms with Crippen LogP contribution in [0.25, 0.3) is 0 Å². The predicted molar refractivity (Wildman–Crippen MR) is 65.3 cm³/mol. The second-order valence-corrected chi connectivity index (χ2v) is 6.21. The van der Waals surface area contributed by atoms with Crippen molar-refractivity contribution in [2.24, 2.45) is 5.14 Å². The van der Waals surface area contributed by atoms with Crippen LogP contribution in [0.4, 0.5) is 5.69 Å². The fraction of sp³-hybridized carbons (Fsp3) is 0.455. The van der Waals surface area contributed by atoms with Crippen LogP contribution >= 0.6 is 0 Å². The Hall–Kier alpha value is -1.11. The van der Waals surface area contributed by atoms with Crippen LogP contribution in [-0.4, -0.2) is 32.2 Å². The molecular formula is C11H16N2O3S. The van der Waals surface area contributed by atoms with E-state index in [4.69, 9.17) is 5.14 Å². The molecule has 0 aliphatic carbocycles. The Bertz CT molecular complexity index is 525. The summed E-state index contributed by atoms with van der Waals surface area (Å²) in [7, 11) is -3.73. The van der Waals surface area contributed by atoms with Crippen molar-refractivity contribution >= 4 is 15.7 Å². The largest absolute Gasteiger partial charge is 0.388 e. The van der Waals surface area contributed by atoms with Crippen LogP contribution < -0.4 is 10.0 Å². The first-order valence-electron chi connectivity index (χ1n) is 5.39. The smallest absolute Gasteiger partial charge is 0.240 e. The summed E-state index contributed by atoms with van der Waals surface area (Å²) in [6, 6.07) is 6.59. The zero-order valence-corrected chi connectivity index (χ0v) is 10.4. The van der Waals surface area contributed by atoms with E-state index in [1.165, 1.54) is 6.07 Å². The Labute approximate surface area is 101 Å². The lowest BCUT2D eigenvalue weighted by Gasteiger charge is -2.22. The molecule has 17 heavy (non-hydrogen) atoms. The molecule has 0 saturated carbocycles. The Morgan fingerprint density at radius 3 is 2.59 bits per heavy atom. The maximum atomic E-state index is 11.5. The number of β-amino-alcohol motifs (C(OH)–C–C–N with tert-alkyl or cyclic N) is 1. The van der Waals surface area contributed by atoms with Crippen LogP contribution in [0.1, 0.15) is 13.3 Å². The lowest BCUT2D eigenvalue weighted by molar-refractivity contribution is 0.0839. The Kier molecular flexibility index (Phi) is 2.89. The highest BCUT2D eigenvalue weighted by atomic mass is 32.2. The van der Waals surface area contributed by atoms with Crippen molar-refractivity contribution in [2.75, 3.05) is 18.0 Å². The SMILES string of the molecule is CC1(O)CCN(c2ccccc2S(N)(=O)=O)C1. The van der Waals surface area contributed by atoms with Gasteiger partial charge in [-0.2, -0.15) is 0 Å². The number of sulfonamides is 1. The van der Waals surface area contributed by atoms with Crippen molar-refractivity contribution in [1.82, 2.24) is 0 Å². The molecule has 1 aromatic rings. The van der Waals surface area contributed by atoms with Crippen LogP contribution in [0.3, 0.4) is 0 Å². The van der Waals surface area contributed by atoms with Crippen molar-refractivity contribution in [2.45, 2.75) is 23.8 Å². The Morgan fingerprint density at radius 2 is 2.06 bits per heavy atom. The highest BCUT2D eigenvalue weighted by Gasteiger charge is 2.33. The number of primary sulfonamides is 1. The molecule has 0 amide bonds. The zero-order valence-electron chi connectivity index (χ0n) is 9.63. The minimum absolute atomic E-state index is 0.109. The lowest BCUT2D eigenvalue weighted by atomic mass is 10.1. The highest BCUT2D eigenvalue weighted by molar-refractivity contribution is 7.89. The number of aliphatic hydroxyl groups is 1. The number of benzene rings is 1. The van der Waals surface area contributed by atoms with Gasteiger partial charge in [0.2, 0.25) is 10.0 Å². The molecule has 1 saturated heterocycles. The molecular weight excluding hydrogens is 240 g/mol. The molecule has 0 aromatic heterocycles. The second kappa shape index (κ2) is 3.97. The van der Waals surface area contributed by atoms with E-state index < -0.39 is 15.6 Å². The van der Waals surface area contributed by atoms with Crippen LogP contribution in [0.15, 0.2) is 29.2 Å². The monoisotopic (exact) mass is 256 g/mol. The average molecular weight is 256 g/mol. The summed E-state index contributed by atoms with van der Waals surface area (Å²) in [6.45, 7) is 2.78. The van der Waals surface area contributed by atoms with Gasteiger partial charge in [0.15, 0.2) is 0 Å². The van der Waals surface area contributed by atoms with E-state index in [-0.39, 0.29) is 4.90 Å². The number of nitrogens with two attached hydrogens (primary N) is 1. The molecule has 0 spiro atoms. The molecule has 6 heteroatoms. The number of anilines is 1. The second-order valence-electron chi connectivity index (χ2n) is 4.68. The maximum Gasteiger partial charge on any atom is 0.240 e. The normalized spacial score (nSPS) is 25.2. The minimum Gasteiger partial charge on any atom is -0.388 e. The quantitative estimate of drug-likeness (QED) is 0.797. The predicted octanol–water partition coefficient (Wildman–Crippen LogP) is 0.295. The summed E-state index contributed by atoms with van der Waals surface area (Å²) in [5, 5.41) is 15.1. The molecule has 2 rings (SSSR count). The van der Waals surface area contributed by atoms with E-state index in [0.29, 0.717) is 25.2 Å². The molecule has 5 nitrogen and oxygen atoms in total. The van der Waals surface area contributed by atoms with Gasteiger partial charge in [-0.3, -0.25) is 0 Å². The van der Waals surface area contributed by atoms with Crippen molar-refractivity contribution in [3.8, 4) is 0 Å². The maximum absolute atomic E-state index is 11.5. The van der Waals surface area contributed by atoms with Gasteiger partial charge in [-0.1, -0.05) is 12.1 Å². The first-order chi connectivity index (χ1) is 7.80. The molecule has 1 aliphatic heterocycles. The first kappa shape index (κ1) is 12.3. The van der Waals surface area contributed by atoms with E-state index in [0.717, 1.165) is 0 Å². The topological polar surface area (TPSA) is 83.6 Å². The standard InChI is InChI=1S/C11H16N2O3S/c1-11(14)6-7-13(8-11)9-4-2-3-5-10(9)17(12,15)16/h2-5,14H,6-8H2,1H3,(H2,12,15,16). The zero-order chi connectivity index (χ0) is 12.7. The van der Waals surface area contributed by atoms with E-state index in [1.807, 2.05) is 4.90 Å². The molecule has 0 radical (unpaired) electrons.